The van der Waals surface area contributed by atoms with E-state index in [0.29, 0.717) is 0 Å². The molecular formula is C18H16. The Labute approximate surface area is 108 Å². The Balaban J connectivity index is 2.31. The quantitative estimate of drug-likeness (QED) is 0.549. The number of aryl methyl sites for hydroxylation is 2. The van der Waals surface area contributed by atoms with Crippen LogP contribution in [0.5, 0.6) is 0 Å². The second-order valence-electron chi connectivity index (χ2n) is 4.79. The molecule has 0 fully saturated rings. The molecule has 0 unspecified atom stereocenters. The predicted molar refractivity (Wildman–Crippen MR) is 78.0 cm³/mol. The third-order valence-corrected chi connectivity index (χ3v) is 3.55. The topological polar surface area (TPSA) is 0 Å². The number of benzene rings is 1. The zero-order chi connectivity index (χ0) is 12.5. The summed E-state index contributed by atoms with van der Waals surface area (Å²) in [5, 5.41) is 0. The summed E-state index contributed by atoms with van der Waals surface area (Å²) in [5.74, 6) is 0. The summed E-state index contributed by atoms with van der Waals surface area (Å²) in [7, 11) is 0. The lowest BCUT2D eigenvalue weighted by atomic mass is 9.97. The third kappa shape index (κ3) is 1.70. The van der Waals surface area contributed by atoms with Crippen LogP contribution in [0.15, 0.2) is 60.7 Å². The van der Waals surface area contributed by atoms with E-state index in [1.165, 1.54) is 33.4 Å². The van der Waals surface area contributed by atoms with Crippen LogP contribution < -0.4 is 0 Å². The molecule has 0 radical (unpaired) electrons. The predicted octanol–water partition coefficient (Wildman–Crippen LogP) is 5.08. The molecule has 0 heterocycles. The lowest BCUT2D eigenvalue weighted by Gasteiger charge is -2.06. The van der Waals surface area contributed by atoms with Gasteiger partial charge < -0.3 is 0 Å². The van der Waals surface area contributed by atoms with E-state index in [1.54, 1.807) is 0 Å². The number of rotatable bonds is 1. The first-order chi connectivity index (χ1) is 8.77. The Morgan fingerprint density at radius 1 is 0.556 bits per heavy atom. The third-order valence-electron chi connectivity index (χ3n) is 3.55. The molecule has 2 aliphatic rings. The van der Waals surface area contributed by atoms with Crippen molar-refractivity contribution in [2.45, 2.75) is 13.8 Å². The normalized spacial score (nSPS) is 10.8. The second-order valence-corrected chi connectivity index (χ2v) is 4.79. The highest BCUT2D eigenvalue weighted by Gasteiger charge is 2.13. The van der Waals surface area contributed by atoms with Crippen molar-refractivity contribution in [2.24, 2.45) is 0 Å². The van der Waals surface area contributed by atoms with E-state index in [1.807, 2.05) is 0 Å². The second kappa shape index (κ2) is 4.30. The highest BCUT2D eigenvalue weighted by atomic mass is 14.2. The Morgan fingerprint density at radius 3 is 2.00 bits per heavy atom. The van der Waals surface area contributed by atoms with Crippen LogP contribution in [0.4, 0.5) is 0 Å². The monoisotopic (exact) mass is 232 g/mol. The van der Waals surface area contributed by atoms with E-state index in [4.69, 9.17) is 0 Å². The molecule has 1 aromatic rings. The van der Waals surface area contributed by atoms with E-state index >= 15 is 0 Å². The highest BCUT2D eigenvalue weighted by molar-refractivity contribution is 5.89. The summed E-state index contributed by atoms with van der Waals surface area (Å²) in [5.41, 5.74) is 8.03. The molecule has 2 aliphatic carbocycles. The van der Waals surface area contributed by atoms with Gasteiger partial charge in [0.05, 0.1) is 0 Å². The van der Waals surface area contributed by atoms with Crippen molar-refractivity contribution >= 4 is 0 Å². The fourth-order valence-corrected chi connectivity index (χ4v) is 2.60. The molecule has 0 atom stereocenters. The fourth-order valence-electron chi connectivity index (χ4n) is 2.60. The van der Waals surface area contributed by atoms with Crippen LogP contribution in [0.2, 0.25) is 0 Å². The maximum atomic E-state index is 2.24. The Morgan fingerprint density at radius 2 is 1.22 bits per heavy atom. The van der Waals surface area contributed by atoms with Crippen molar-refractivity contribution < 1.29 is 0 Å². The first-order valence-electron chi connectivity index (χ1n) is 6.32. The van der Waals surface area contributed by atoms with E-state index in [-0.39, 0.29) is 0 Å². The summed E-state index contributed by atoms with van der Waals surface area (Å²) < 4.78 is 0. The summed E-state index contributed by atoms with van der Waals surface area (Å²) in [6.07, 6.45) is 0. The van der Waals surface area contributed by atoms with Gasteiger partial charge >= 0.3 is 0 Å². The average Bonchev–Trinajstić information content (AvgIpc) is 2.78. The van der Waals surface area contributed by atoms with Gasteiger partial charge in [0.2, 0.25) is 0 Å². The molecule has 0 aliphatic heterocycles. The number of fused-ring (bicyclic) bond motifs is 1. The van der Waals surface area contributed by atoms with Gasteiger partial charge in [-0.1, -0.05) is 60.7 Å². The lowest BCUT2D eigenvalue weighted by Crippen LogP contribution is -1.82. The fraction of sp³-hybridized carbons (Fsp3) is 0.111. The molecule has 0 spiro atoms. The van der Waals surface area contributed by atoms with Gasteiger partial charge in [0.25, 0.3) is 0 Å². The summed E-state index contributed by atoms with van der Waals surface area (Å²) in [6, 6.07) is 21.6. The van der Waals surface area contributed by atoms with Crippen LogP contribution in [0, 0.1) is 13.8 Å². The van der Waals surface area contributed by atoms with Crippen molar-refractivity contribution in [2.75, 3.05) is 0 Å². The van der Waals surface area contributed by atoms with Crippen LogP contribution in [0.25, 0.3) is 22.3 Å². The molecule has 0 saturated carbocycles. The summed E-state index contributed by atoms with van der Waals surface area (Å²) >= 11 is 0. The van der Waals surface area contributed by atoms with Gasteiger partial charge in [0, 0.05) is 0 Å². The van der Waals surface area contributed by atoms with Crippen molar-refractivity contribution in [3.05, 3.63) is 71.8 Å². The molecule has 1 aromatic carbocycles. The SMILES string of the molecule is Cc1cccc(C)c2c(-c3ccccc3)ccc1-2. The first-order valence-corrected chi connectivity index (χ1v) is 6.32. The molecule has 0 heteroatoms. The molecule has 18 heavy (non-hydrogen) atoms. The summed E-state index contributed by atoms with van der Waals surface area (Å²) in [4.78, 5) is 0. The molecule has 0 aromatic heterocycles. The van der Waals surface area contributed by atoms with Crippen molar-refractivity contribution in [3.8, 4) is 22.3 Å². The van der Waals surface area contributed by atoms with Gasteiger partial charge in [-0.15, -0.1) is 0 Å². The highest BCUT2D eigenvalue weighted by Crippen LogP contribution is 2.38. The van der Waals surface area contributed by atoms with Gasteiger partial charge in [0.15, 0.2) is 0 Å². The van der Waals surface area contributed by atoms with Crippen molar-refractivity contribution in [1.82, 2.24) is 0 Å². The maximum absolute atomic E-state index is 2.24. The minimum absolute atomic E-state index is 1.29. The molecular weight excluding hydrogens is 216 g/mol. The molecule has 0 nitrogen and oxygen atoms in total. The van der Waals surface area contributed by atoms with Gasteiger partial charge in [-0.05, 0) is 47.2 Å². The molecule has 0 saturated heterocycles. The van der Waals surface area contributed by atoms with E-state index in [0.717, 1.165) is 0 Å². The van der Waals surface area contributed by atoms with E-state index < -0.39 is 0 Å². The van der Waals surface area contributed by atoms with Crippen LogP contribution in [0.1, 0.15) is 11.1 Å². The smallest absolute Gasteiger partial charge is 0.00735 e. The maximum Gasteiger partial charge on any atom is -0.00735 e. The largest absolute Gasteiger partial charge is 0.0622 e. The zero-order valence-electron chi connectivity index (χ0n) is 10.8. The van der Waals surface area contributed by atoms with Crippen molar-refractivity contribution in [1.29, 1.82) is 0 Å². The van der Waals surface area contributed by atoms with Crippen LogP contribution in [-0.2, 0) is 0 Å². The Bertz CT molecular complexity index is 650. The molecule has 0 bridgehead atoms. The molecule has 0 amide bonds. The van der Waals surface area contributed by atoms with E-state index in [2.05, 4.69) is 74.5 Å². The minimum atomic E-state index is 1.29. The first kappa shape index (κ1) is 11.0. The van der Waals surface area contributed by atoms with Gasteiger partial charge in [-0.25, -0.2) is 0 Å². The number of hydrogen-bond donors (Lipinski definition) is 0. The van der Waals surface area contributed by atoms with Crippen LogP contribution in [0.3, 0.4) is 0 Å². The van der Waals surface area contributed by atoms with Crippen molar-refractivity contribution in [3.63, 3.8) is 0 Å². The van der Waals surface area contributed by atoms with Crippen LogP contribution in [-0.4, -0.2) is 0 Å². The zero-order valence-corrected chi connectivity index (χ0v) is 10.8. The molecule has 88 valence electrons. The Hall–Kier alpha value is -2.08. The molecule has 0 N–H and O–H groups in total. The van der Waals surface area contributed by atoms with Gasteiger partial charge in [-0.3, -0.25) is 0 Å². The summed E-state index contributed by atoms with van der Waals surface area (Å²) in [6.45, 7) is 4.37. The standard InChI is InChI=1S/C18H16/c1-13-7-6-8-14(2)18-16(13)11-12-17(18)15-9-4-3-5-10-15/h3-12H,1-2H3. The number of hydrogen-bond acceptors (Lipinski definition) is 0. The van der Waals surface area contributed by atoms with Gasteiger partial charge in [0.1, 0.15) is 0 Å². The molecule has 3 rings (SSSR count). The van der Waals surface area contributed by atoms with E-state index in [9.17, 15) is 0 Å². The lowest BCUT2D eigenvalue weighted by molar-refractivity contribution is 1.49. The average molecular weight is 232 g/mol. The van der Waals surface area contributed by atoms with Crippen LogP contribution >= 0.6 is 0 Å². The Kier molecular flexibility index (Phi) is 2.64. The van der Waals surface area contributed by atoms with Gasteiger partial charge in [-0.2, -0.15) is 0 Å². The minimum Gasteiger partial charge on any atom is -0.0622 e.